The number of carbonyl (C=O) groups excluding carboxylic acids is 1. The first kappa shape index (κ1) is 20.8. The Morgan fingerprint density at radius 3 is 2.77 bits per heavy atom. The fourth-order valence-electron chi connectivity index (χ4n) is 1.60. The monoisotopic (exact) mass is 334 g/mol. The van der Waals surface area contributed by atoms with Gasteiger partial charge in [-0.25, -0.2) is 4.39 Å². The number of rotatable bonds is 9. The third-order valence-electron chi connectivity index (χ3n) is 3.01. The van der Waals surface area contributed by atoms with Crippen LogP contribution in [0.15, 0.2) is 18.2 Å². The summed E-state index contributed by atoms with van der Waals surface area (Å²) in [5.74, 6) is -0.431. The number of amides is 1. The lowest BCUT2D eigenvalue weighted by molar-refractivity contribution is 0.0604. The van der Waals surface area contributed by atoms with E-state index in [0.29, 0.717) is 37.4 Å². The molecule has 0 heterocycles. The summed E-state index contributed by atoms with van der Waals surface area (Å²) in [5.41, 5.74) is 6.25. The minimum Gasteiger partial charge on any atom is -0.382 e. The first-order valence-electron chi connectivity index (χ1n) is 6.91. The van der Waals surface area contributed by atoms with Crippen LogP contribution in [0.25, 0.3) is 0 Å². The van der Waals surface area contributed by atoms with Crippen molar-refractivity contribution in [1.82, 2.24) is 5.32 Å². The Bertz CT molecular complexity index is 460. The molecule has 1 rings (SSSR count). The molecular formula is C15H24ClFN2O3. The summed E-state index contributed by atoms with van der Waals surface area (Å²) in [6, 6.07) is 4.23. The molecule has 0 aliphatic heterocycles. The van der Waals surface area contributed by atoms with E-state index in [1.54, 1.807) is 7.11 Å². The quantitative estimate of drug-likeness (QED) is 0.675. The van der Waals surface area contributed by atoms with Gasteiger partial charge < -0.3 is 20.5 Å². The summed E-state index contributed by atoms with van der Waals surface area (Å²) in [5, 5.41) is 2.77. The summed E-state index contributed by atoms with van der Waals surface area (Å²) in [4.78, 5) is 12.0. The van der Waals surface area contributed by atoms with Gasteiger partial charge in [0.05, 0.1) is 19.8 Å². The highest BCUT2D eigenvalue weighted by molar-refractivity contribution is 5.94. The topological polar surface area (TPSA) is 73.6 Å². The standard InChI is InChI=1S/C15H23FN2O3.ClH/c1-11(8-17)9-18-15(19)12-3-4-14(16)13(7-12)10-21-6-5-20-2;/h3-4,7,11H,5-6,8-10,17H2,1-2H3,(H,18,19);1H. The lowest BCUT2D eigenvalue weighted by Crippen LogP contribution is -2.31. The molecule has 5 nitrogen and oxygen atoms in total. The molecule has 0 saturated heterocycles. The number of benzene rings is 1. The van der Waals surface area contributed by atoms with E-state index < -0.39 is 0 Å². The molecule has 0 radical (unpaired) electrons. The molecule has 0 aliphatic carbocycles. The van der Waals surface area contributed by atoms with Crippen LogP contribution in [-0.2, 0) is 16.1 Å². The molecule has 3 N–H and O–H groups in total. The maximum Gasteiger partial charge on any atom is 0.251 e. The Balaban J connectivity index is 0.00000441. The van der Waals surface area contributed by atoms with Gasteiger partial charge in [-0.15, -0.1) is 12.4 Å². The molecule has 0 aromatic heterocycles. The van der Waals surface area contributed by atoms with Gasteiger partial charge in [-0.3, -0.25) is 4.79 Å². The average molecular weight is 335 g/mol. The number of hydrogen-bond acceptors (Lipinski definition) is 4. The van der Waals surface area contributed by atoms with Crippen molar-refractivity contribution in [3.63, 3.8) is 0 Å². The number of carbonyl (C=O) groups is 1. The summed E-state index contributed by atoms with van der Waals surface area (Å²) in [6.07, 6.45) is 0. The highest BCUT2D eigenvalue weighted by Gasteiger charge is 2.10. The van der Waals surface area contributed by atoms with Crippen LogP contribution in [0.4, 0.5) is 4.39 Å². The number of nitrogens with one attached hydrogen (secondary N) is 1. The van der Waals surface area contributed by atoms with Gasteiger partial charge in [0.2, 0.25) is 0 Å². The number of halogens is 2. The average Bonchev–Trinajstić information content (AvgIpc) is 2.50. The van der Waals surface area contributed by atoms with Crippen LogP contribution in [0.1, 0.15) is 22.8 Å². The van der Waals surface area contributed by atoms with E-state index in [1.807, 2.05) is 6.92 Å². The third kappa shape index (κ3) is 7.17. The van der Waals surface area contributed by atoms with E-state index in [4.69, 9.17) is 15.2 Å². The van der Waals surface area contributed by atoms with Crippen LogP contribution in [0.3, 0.4) is 0 Å². The van der Waals surface area contributed by atoms with Crippen molar-refractivity contribution < 1.29 is 18.7 Å². The first-order chi connectivity index (χ1) is 10.1. The van der Waals surface area contributed by atoms with Crippen molar-refractivity contribution in [2.45, 2.75) is 13.5 Å². The smallest absolute Gasteiger partial charge is 0.251 e. The van der Waals surface area contributed by atoms with Crippen molar-refractivity contribution in [3.8, 4) is 0 Å². The molecule has 0 bridgehead atoms. The van der Waals surface area contributed by atoms with Crippen LogP contribution in [0, 0.1) is 11.7 Å². The molecule has 126 valence electrons. The highest BCUT2D eigenvalue weighted by atomic mass is 35.5. The van der Waals surface area contributed by atoms with Crippen molar-refractivity contribution in [2.75, 3.05) is 33.4 Å². The van der Waals surface area contributed by atoms with Gasteiger partial charge >= 0.3 is 0 Å². The Morgan fingerprint density at radius 1 is 1.41 bits per heavy atom. The molecule has 7 heteroatoms. The second kappa shape index (κ2) is 11.4. The minimum absolute atomic E-state index is 0. The van der Waals surface area contributed by atoms with Crippen molar-refractivity contribution in [2.24, 2.45) is 11.7 Å². The predicted octanol–water partition coefficient (Wildman–Crippen LogP) is 1.74. The van der Waals surface area contributed by atoms with Gasteiger partial charge in [0, 0.05) is 24.8 Å². The molecule has 1 unspecified atom stereocenters. The zero-order valence-electron chi connectivity index (χ0n) is 12.9. The molecule has 22 heavy (non-hydrogen) atoms. The predicted molar refractivity (Wildman–Crippen MR) is 85.7 cm³/mol. The van der Waals surface area contributed by atoms with Gasteiger partial charge in [-0.05, 0) is 30.7 Å². The van der Waals surface area contributed by atoms with Crippen molar-refractivity contribution in [3.05, 3.63) is 35.1 Å². The second-order valence-corrected chi connectivity index (χ2v) is 4.90. The summed E-state index contributed by atoms with van der Waals surface area (Å²) in [7, 11) is 1.57. The van der Waals surface area contributed by atoms with Gasteiger partial charge in [0.1, 0.15) is 5.82 Å². The van der Waals surface area contributed by atoms with E-state index in [9.17, 15) is 9.18 Å². The maximum atomic E-state index is 13.7. The zero-order valence-corrected chi connectivity index (χ0v) is 13.7. The Hall–Kier alpha value is -1.21. The molecule has 0 fully saturated rings. The van der Waals surface area contributed by atoms with E-state index in [2.05, 4.69) is 5.32 Å². The van der Waals surface area contributed by atoms with Crippen molar-refractivity contribution >= 4 is 18.3 Å². The van der Waals surface area contributed by atoms with Gasteiger partial charge in [0.25, 0.3) is 5.91 Å². The van der Waals surface area contributed by atoms with Gasteiger partial charge in [-0.2, -0.15) is 0 Å². The maximum absolute atomic E-state index is 13.7. The summed E-state index contributed by atoms with van der Waals surface area (Å²) >= 11 is 0. The van der Waals surface area contributed by atoms with E-state index in [0.717, 1.165) is 0 Å². The highest BCUT2D eigenvalue weighted by Crippen LogP contribution is 2.12. The van der Waals surface area contributed by atoms with Crippen LogP contribution in [-0.4, -0.2) is 39.3 Å². The molecule has 1 aromatic carbocycles. The molecular weight excluding hydrogens is 311 g/mol. The number of nitrogens with two attached hydrogens (primary N) is 1. The molecule has 1 aromatic rings. The lowest BCUT2D eigenvalue weighted by Gasteiger charge is -2.11. The van der Waals surface area contributed by atoms with Crippen molar-refractivity contribution in [1.29, 1.82) is 0 Å². The largest absolute Gasteiger partial charge is 0.382 e. The molecule has 1 atom stereocenters. The normalized spacial score (nSPS) is 11.6. The first-order valence-corrected chi connectivity index (χ1v) is 6.91. The van der Waals surface area contributed by atoms with Gasteiger partial charge in [0.15, 0.2) is 0 Å². The molecule has 0 saturated carbocycles. The fourth-order valence-corrected chi connectivity index (χ4v) is 1.60. The van der Waals surface area contributed by atoms with E-state index >= 15 is 0 Å². The van der Waals surface area contributed by atoms with Crippen LogP contribution < -0.4 is 11.1 Å². The Labute approximate surface area is 136 Å². The summed E-state index contributed by atoms with van der Waals surface area (Å²) in [6.45, 7) is 3.86. The summed E-state index contributed by atoms with van der Waals surface area (Å²) < 4.78 is 23.8. The zero-order chi connectivity index (χ0) is 15.7. The fraction of sp³-hybridized carbons (Fsp3) is 0.533. The van der Waals surface area contributed by atoms with Crippen LogP contribution in [0.2, 0.25) is 0 Å². The minimum atomic E-state index is -0.390. The Kier molecular flexibility index (Phi) is 10.7. The molecule has 1 amide bonds. The van der Waals surface area contributed by atoms with Gasteiger partial charge in [-0.1, -0.05) is 6.92 Å². The SMILES string of the molecule is COCCOCc1cc(C(=O)NCC(C)CN)ccc1F.Cl. The number of ether oxygens (including phenoxy) is 2. The Morgan fingerprint density at radius 2 is 2.14 bits per heavy atom. The lowest BCUT2D eigenvalue weighted by atomic mass is 10.1. The second-order valence-electron chi connectivity index (χ2n) is 4.90. The third-order valence-corrected chi connectivity index (χ3v) is 3.01. The van der Waals surface area contributed by atoms with Crippen LogP contribution >= 0.6 is 12.4 Å². The van der Waals surface area contributed by atoms with E-state index in [-0.39, 0.29) is 36.7 Å². The molecule has 0 aliphatic rings. The van der Waals surface area contributed by atoms with Crippen LogP contribution in [0.5, 0.6) is 0 Å². The van der Waals surface area contributed by atoms with E-state index in [1.165, 1.54) is 18.2 Å². The molecule has 0 spiro atoms. The number of methoxy groups -OCH3 is 1. The number of hydrogen-bond donors (Lipinski definition) is 2.